The van der Waals surface area contributed by atoms with Crippen molar-refractivity contribution < 1.29 is 17.6 Å². The Balaban J connectivity index is 1.58. The summed E-state index contributed by atoms with van der Waals surface area (Å²) in [6, 6.07) is 19.8. The SMILES string of the molecule is CN(c1ccc(F)cc1)S(=O)(=O)c1ccc(Cl)c(C(=O)Nc2ccn(-c3ccccc3)n2)c1. The van der Waals surface area contributed by atoms with Crippen LogP contribution in [0.15, 0.2) is 90.0 Å². The van der Waals surface area contributed by atoms with E-state index in [-0.39, 0.29) is 27.0 Å². The van der Waals surface area contributed by atoms with Crippen molar-refractivity contribution in [1.82, 2.24) is 9.78 Å². The van der Waals surface area contributed by atoms with Crippen molar-refractivity contribution in [2.45, 2.75) is 4.90 Å². The average molecular weight is 485 g/mol. The predicted molar refractivity (Wildman–Crippen MR) is 125 cm³/mol. The van der Waals surface area contributed by atoms with Gasteiger partial charge in [-0.2, -0.15) is 5.10 Å². The second-order valence-corrected chi connectivity index (χ2v) is 9.40. The highest BCUT2D eigenvalue weighted by molar-refractivity contribution is 7.92. The van der Waals surface area contributed by atoms with Crippen LogP contribution in [0.25, 0.3) is 5.69 Å². The third kappa shape index (κ3) is 4.74. The summed E-state index contributed by atoms with van der Waals surface area (Å²) >= 11 is 6.19. The van der Waals surface area contributed by atoms with E-state index in [1.54, 1.807) is 16.9 Å². The third-order valence-electron chi connectivity index (χ3n) is 4.88. The summed E-state index contributed by atoms with van der Waals surface area (Å²) in [7, 11) is -2.69. The van der Waals surface area contributed by atoms with Crippen molar-refractivity contribution in [3.05, 3.63) is 101 Å². The van der Waals surface area contributed by atoms with Gasteiger partial charge in [0.1, 0.15) is 5.82 Å². The van der Waals surface area contributed by atoms with E-state index < -0.39 is 21.7 Å². The molecule has 0 aliphatic carbocycles. The van der Waals surface area contributed by atoms with Gasteiger partial charge in [-0.15, -0.1) is 0 Å². The van der Waals surface area contributed by atoms with Crippen LogP contribution in [-0.4, -0.2) is 31.2 Å². The lowest BCUT2D eigenvalue weighted by molar-refractivity contribution is 0.102. The van der Waals surface area contributed by atoms with Gasteiger partial charge in [0.25, 0.3) is 15.9 Å². The molecule has 1 N–H and O–H groups in total. The molecule has 0 bridgehead atoms. The molecule has 0 unspecified atom stereocenters. The monoisotopic (exact) mass is 484 g/mol. The van der Waals surface area contributed by atoms with Crippen LogP contribution >= 0.6 is 11.6 Å². The van der Waals surface area contributed by atoms with Crippen molar-refractivity contribution >= 4 is 39.0 Å². The van der Waals surface area contributed by atoms with E-state index in [0.29, 0.717) is 0 Å². The Morgan fingerprint density at radius 1 is 1.03 bits per heavy atom. The van der Waals surface area contributed by atoms with Gasteiger partial charge in [-0.05, 0) is 54.6 Å². The van der Waals surface area contributed by atoms with E-state index in [1.165, 1.54) is 37.4 Å². The lowest BCUT2D eigenvalue weighted by Crippen LogP contribution is -2.27. The van der Waals surface area contributed by atoms with E-state index in [1.807, 2.05) is 30.3 Å². The van der Waals surface area contributed by atoms with E-state index in [2.05, 4.69) is 10.4 Å². The highest BCUT2D eigenvalue weighted by atomic mass is 35.5. The summed E-state index contributed by atoms with van der Waals surface area (Å²) in [4.78, 5) is 12.7. The van der Waals surface area contributed by atoms with Crippen LogP contribution in [0.5, 0.6) is 0 Å². The number of rotatable bonds is 6. The number of anilines is 2. The van der Waals surface area contributed by atoms with Gasteiger partial charge in [0, 0.05) is 19.3 Å². The van der Waals surface area contributed by atoms with Gasteiger partial charge >= 0.3 is 0 Å². The Morgan fingerprint density at radius 2 is 1.73 bits per heavy atom. The quantitative estimate of drug-likeness (QED) is 0.428. The second-order valence-electron chi connectivity index (χ2n) is 7.03. The number of aromatic nitrogens is 2. The number of nitrogens with one attached hydrogen (secondary N) is 1. The Morgan fingerprint density at radius 3 is 2.42 bits per heavy atom. The summed E-state index contributed by atoms with van der Waals surface area (Å²) in [6.45, 7) is 0. The Hall–Kier alpha value is -3.69. The molecule has 0 radical (unpaired) electrons. The fraction of sp³-hybridized carbons (Fsp3) is 0.0435. The molecule has 0 spiro atoms. The van der Waals surface area contributed by atoms with E-state index in [4.69, 9.17) is 11.6 Å². The molecule has 33 heavy (non-hydrogen) atoms. The molecule has 0 aliphatic heterocycles. The number of carbonyl (C=O) groups is 1. The van der Waals surface area contributed by atoms with Gasteiger partial charge in [-0.25, -0.2) is 17.5 Å². The topological polar surface area (TPSA) is 84.3 Å². The maximum atomic E-state index is 13.2. The minimum atomic E-state index is -4.03. The van der Waals surface area contributed by atoms with Crippen LogP contribution in [-0.2, 0) is 10.0 Å². The normalized spacial score (nSPS) is 11.2. The third-order valence-corrected chi connectivity index (χ3v) is 6.99. The number of halogens is 2. The van der Waals surface area contributed by atoms with Gasteiger partial charge < -0.3 is 5.32 Å². The molecular formula is C23H18ClFN4O3S. The molecule has 0 saturated heterocycles. The molecule has 1 heterocycles. The molecule has 7 nitrogen and oxygen atoms in total. The highest BCUT2D eigenvalue weighted by Gasteiger charge is 2.24. The molecule has 10 heteroatoms. The van der Waals surface area contributed by atoms with Crippen LogP contribution in [0.3, 0.4) is 0 Å². The molecule has 1 amide bonds. The lowest BCUT2D eigenvalue weighted by Gasteiger charge is -2.20. The standard InChI is InChI=1S/C23H18ClFN4O3S/c1-28(17-9-7-16(25)8-10-17)33(31,32)19-11-12-21(24)20(15-19)23(30)26-22-13-14-29(27-22)18-5-3-2-4-6-18/h2-15H,1H3,(H,26,27,30). The highest BCUT2D eigenvalue weighted by Crippen LogP contribution is 2.26. The number of hydrogen-bond acceptors (Lipinski definition) is 4. The van der Waals surface area contributed by atoms with Crippen LogP contribution in [0, 0.1) is 5.82 Å². The molecule has 0 saturated carbocycles. The number of sulfonamides is 1. The average Bonchev–Trinajstić information content (AvgIpc) is 3.28. The first-order valence-electron chi connectivity index (χ1n) is 9.72. The van der Waals surface area contributed by atoms with E-state index >= 15 is 0 Å². The first-order valence-corrected chi connectivity index (χ1v) is 11.5. The van der Waals surface area contributed by atoms with Crippen LogP contribution < -0.4 is 9.62 Å². The van der Waals surface area contributed by atoms with Gasteiger partial charge in [0.2, 0.25) is 0 Å². The van der Waals surface area contributed by atoms with E-state index in [9.17, 15) is 17.6 Å². The Bertz CT molecular complexity index is 1410. The maximum absolute atomic E-state index is 13.2. The molecule has 0 fully saturated rings. The van der Waals surface area contributed by atoms with Gasteiger partial charge in [0.15, 0.2) is 5.82 Å². The summed E-state index contributed by atoms with van der Waals surface area (Å²) < 4.78 is 41.9. The van der Waals surface area contributed by atoms with Crippen LogP contribution in [0.1, 0.15) is 10.4 Å². The fourth-order valence-corrected chi connectivity index (χ4v) is 4.51. The number of benzene rings is 3. The first-order chi connectivity index (χ1) is 15.8. The molecule has 168 valence electrons. The molecule has 0 aliphatic rings. The molecular weight excluding hydrogens is 467 g/mol. The maximum Gasteiger partial charge on any atom is 0.264 e. The summed E-state index contributed by atoms with van der Waals surface area (Å²) in [6.07, 6.45) is 1.69. The van der Waals surface area contributed by atoms with Crippen molar-refractivity contribution in [3.8, 4) is 5.69 Å². The zero-order chi connectivity index (χ0) is 23.6. The summed E-state index contributed by atoms with van der Waals surface area (Å²) in [5.74, 6) is -0.818. The van der Waals surface area contributed by atoms with E-state index in [0.717, 1.165) is 22.1 Å². The number of amides is 1. The number of para-hydroxylation sites is 1. The van der Waals surface area contributed by atoms with Crippen molar-refractivity contribution in [3.63, 3.8) is 0 Å². The van der Waals surface area contributed by atoms with Crippen molar-refractivity contribution in [1.29, 1.82) is 0 Å². The second kappa shape index (κ2) is 9.05. The summed E-state index contributed by atoms with van der Waals surface area (Å²) in [5.41, 5.74) is 1.05. The van der Waals surface area contributed by atoms with Crippen LogP contribution in [0.2, 0.25) is 5.02 Å². The minimum Gasteiger partial charge on any atom is -0.305 e. The first kappa shape index (κ1) is 22.5. The van der Waals surface area contributed by atoms with Crippen LogP contribution in [0.4, 0.5) is 15.9 Å². The van der Waals surface area contributed by atoms with Crippen molar-refractivity contribution in [2.24, 2.45) is 0 Å². The molecule has 3 aromatic carbocycles. The minimum absolute atomic E-state index is 0.0282. The molecule has 1 aromatic heterocycles. The number of hydrogen-bond donors (Lipinski definition) is 1. The smallest absolute Gasteiger partial charge is 0.264 e. The van der Waals surface area contributed by atoms with Gasteiger partial charge in [0.05, 0.1) is 26.9 Å². The summed E-state index contributed by atoms with van der Waals surface area (Å²) in [5, 5.41) is 7.02. The zero-order valence-corrected chi connectivity index (χ0v) is 18.9. The van der Waals surface area contributed by atoms with Gasteiger partial charge in [-0.3, -0.25) is 9.10 Å². The largest absolute Gasteiger partial charge is 0.305 e. The zero-order valence-electron chi connectivity index (χ0n) is 17.3. The van der Waals surface area contributed by atoms with Gasteiger partial charge in [-0.1, -0.05) is 29.8 Å². The molecule has 4 aromatic rings. The molecule has 4 rings (SSSR count). The van der Waals surface area contributed by atoms with Crippen molar-refractivity contribution in [2.75, 3.05) is 16.7 Å². The number of nitrogens with zero attached hydrogens (tertiary/aromatic N) is 3. The Labute approximate surface area is 195 Å². The lowest BCUT2D eigenvalue weighted by atomic mass is 10.2. The Kier molecular flexibility index (Phi) is 6.17. The predicted octanol–water partition coefficient (Wildman–Crippen LogP) is 4.74. The fourth-order valence-electron chi connectivity index (χ4n) is 3.09. The number of carbonyl (C=O) groups excluding carboxylic acids is 1. The molecule has 0 atom stereocenters.